The third kappa shape index (κ3) is 6.41. The van der Waals surface area contributed by atoms with Crippen LogP contribution in [-0.2, 0) is 11.3 Å². The van der Waals surface area contributed by atoms with E-state index in [2.05, 4.69) is 5.32 Å². The highest BCUT2D eigenvalue weighted by Gasteiger charge is 2.16. The van der Waals surface area contributed by atoms with E-state index in [1.165, 1.54) is 0 Å². The fraction of sp³-hybridized carbons (Fsp3) is 0.381. The van der Waals surface area contributed by atoms with Crippen LogP contribution in [0.1, 0.15) is 19.4 Å². The van der Waals surface area contributed by atoms with Gasteiger partial charge >= 0.3 is 0 Å². The van der Waals surface area contributed by atoms with Gasteiger partial charge in [0.05, 0.1) is 13.7 Å². The molecule has 0 radical (unpaired) electrons. The molecule has 0 aromatic heterocycles. The second kappa shape index (κ2) is 10.5. The first-order valence-corrected chi connectivity index (χ1v) is 8.91. The lowest BCUT2D eigenvalue weighted by Crippen LogP contribution is -2.42. The molecule has 140 valence electrons. The van der Waals surface area contributed by atoms with Crippen molar-refractivity contribution >= 4 is 5.91 Å². The maximum atomic E-state index is 12.5. The summed E-state index contributed by atoms with van der Waals surface area (Å²) in [6.07, 6.45) is 0. The van der Waals surface area contributed by atoms with Crippen molar-refractivity contribution in [1.82, 2.24) is 10.2 Å². The topological polar surface area (TPSA) is 50.8 Å². The molecule has 1 amide bonds. The average Bonchev–Trinajstić information content (AvgIpc) is 2.66. The van der Waals surface area contributed by atoms with Crippen LogP contribution in [0.15, 0.2) is 54.6 Å². The first kappa shape index (κ1) is 19.8. The molecule has 5 nitrogen and oxygen atoms in total. The van der Waals surface area contributed by atoms with Crippen LogP contribution in [0.25, 0.3) is 0 Å². The van der Waals surface area contributed by atoms with E-state index in [0.29, 0.717) is 26.2 Å². The first-order valence-electron chi connectivity index (χ1n) is 8.91. The lowest BCUT2D eigenvalue weighted by atomic mass is 10.2. The van der Waals surface area contributed by atoms with Crippen LogP contribution in [0.5, 0.6) is 11.5 Å². The molecule has 0 unspecified atom stereocenters. The zero-order valence-corrected chi connectivity index (χ0v) is 15.8. The number of ether oxygens (including phenoxy) is 2. The van der Waals surface area contributed by atoms with Crippen LogP contribution in [0.3, 0.4) is 0 Å². The second-order valence-corrected chi connectivity index (χ2v) is 6.30. The van der Waals surface area contributed by atoms with Crippen LogP contribution in [0.2, 0.25) is 0 Å². The molecule has 0 spiro atoms. The van der Waals surface area contributed by atoms with Crippen molar-refractivity contribution in [2.45, 2.75) is 26.4 Å². The van der Waals surface area contributed by atoms with Crippen LogP contribution in [0.4, 0.5) is 0 Å². The molecule has 0 aliphatic rings. The van der Waals surface area contributed by atoms with Crippen LogP contribution in [0, 0.1) is 0 Å². The van der Waals surface area contributed by atoms with E-state index in [0.717, 1.165) is 17.1 Å². The highest BCUT2D eigenvalue weighted by Crippen LogP contribution is 2.16. The van der Waals surface area contributed by atoms with E-state index in [1.807, 2.05) is 73.3 Å². The summed E-state index contributed by atoms with van der Waals surface area (Å²) < 4.78 is 10.8. The van der Waals surface area contributed by atoms with Crippen molar-refractivity contribution in [2.75, 3.05) is 26.8 Å². The molecule has 0 fully saturated rings. The predicted octanol–water partition coefficient (Wildman–Crippen LogP) is 3.10. The van der Waals surface area contributed by atoms with Crippen molar-refractivity contribution in [3.05, 3.63) is 60.2 Å². The number of nitrogens with zero attached hydrogens (tertiary/aromatic N) is 1. The van der Waals surface area contributed by atoms with Gasteiger partial charge in [0.1, 0.15) is 18.1 Å². The molecule has 0 aliphatic carbocycles. The van der Waals surface area contributed by atoms with Crippen molar-refractivity contribution in [2.24, 2.45) is 0 Å². The Morgan fingerprint density at radius 1 is 1.04 bits per heavy atom. The summed E-state index contributed by atoms with van der Waals surface area (Å²) in [6.45, 7) is 6.11. The molecule has 2 rings (SSSR count). The Morgan fingerprint density at radius 3 is 2.31 bits per heavy atom. The van der Waals surface area contributed by atoms with Crippen molar-refractivity contribution < 1.29 is 14.3 Å². The fourth-order valence-corrected chi connectivity index (χ4v) is 2.55. The molecule has 5 heteroatoms. The summed E-state index contributed by atoms with van der Waals surface area (Å²) in [4.78, 5) is 14.4. The summed E-state index contributed by atoms with van der Waals surface area (Å²) in [6, 6.07) is 17.6. The van der Waals surface area contributed by atoms with Gasteiger partial charge < -0.3 is 19.7 Å². The Balaban J connectivity index is 1.71. The molecule has 0 aliphatic heterocycles. The first-order chi connectivity index (χ1) is 12.6. The Kier molecular flexibility index (Phi) is 7.96. The van der Waals surface area contributed by atoms with Gasteiger partial charge in [-0.05, 0) is 43.7 Å². The molecule has 1 N–H and O–H groups in total. The maximum Gasteiger partial charge on any atom is 0.237 e. The van der Waals surface area contributed by atoms with Gasteiger partial charge in [-0.25, -0.2) is 0 Å². The molecule has 0 saturated heterocycles. The summed E-state index contributed by atoms with van der Waals surface area (Å²) in [5, 5.41) is 3.16. The van der Waals surface area contributed by atoms with Crippen molar-refractivity contribution in [1.29, 1.82) is 0 Å². The van der Waals surface area contributed by atoms with Gasteiger partial charge in [0.15, 0.2) is 0 Å². The highest BCUT2D eigenvalue weighted by atomic mass is 16.5. The Morgan fingerprint density at radius 2 is 1.69 bits per heavy atom. The van der Waals surface area contributed by atoms with Crippen molar-refractivity contribution in [3.8, 4) is 11.5 Å². The summed E-state index contributed by atoms with van der Waals surface area (Å²) in [5.41, 5.74) is 1.14. The summed E-state index contributed by atoms with van der Waals surface area (Å²) in [7, 11) is 1.63. The second-order valence-electron chi connectivity index (χ2n) is 6.30. The maximum absolute atomic E-state index is 12.5. The van der Waals surface area contributed by atoms with E-state index < -0.39 is 0 Å². The van der Waals surface area contributed by atoms with E-state index in [-0.39, 0.29) is 11.9 Å². The molecular formula is C21H28N2O3. The number of benzene rings is 2. The van der Waals surface area contributed by atoms with Gasteiger partial charge in [0, 0.05) is 19.1 Å². The summed E-state index contributed by atoms with van der Waals surface area (Å²) >= 11 is 0. The van der Waals surface area contributed by atoms with E-state index >= 15 is 0 Å². The number of amides is 1. The van der Waals surface area contributed by atoms with Crippen LogP contribution >= 0.6 is 0 Å². The average molecular weight is 356 g/mol. The Labute approximate surface area is 155 Å². The summed E-state index contributed by atoms with van der Waals surface area (Å²) in [5.74, 6) is 1.67. The van der Waals surface area contributed by atoms with Gasteiger partial charge in [-0.15, -0.1) is 0 Å². The lowest BCUT2D eigenvalue weighted by molar-refractivity contribution is -0.132. The van der Waals surface area contributed by atoms with Crippen LogP contribution < -0.4 is 14.8 Å². The third-order valence-corrected chi connectivity index (χ3v) is 4.02. The van der Waals surface area contributed by atoms with Gasteiger partial charge in [0.2, 0.25) is 5.91 Å². The Bertz CT molecular complexity index is 657. The van der Waals surface area contributed by atoms with Gasteiger partial charge in [-0.2, -0.15) is 0 Å². The van der Waals surface area contributed by atoms with E-state index in [4.69, 9.17) is 9.47 Å². The number of carbonyl (C=O) groups is 1. The standard InChI is InChI=1S/C21H28N2O3/c1-17(2)23(16-18-7-5-4-6-8-18)21(24)15-22-13-14-26-20-11-9-19(25-3)10-12-20/h4-12,17,22H,13-16H2,1-3H3. The zero-order valence-electron chi connectivity index (χ0n) is 15.8. The minimum Gasteiger partial charge on any atom is -0.497 e. The molecule has 26 heavy (non-hydrogen) atoms. The zero-order chi connectivity index (χ0) is 18.8. The minimum atomic E-state index is 0.0910. The molecular weight excluding hydrogens is 328 g/mol. The number of hydrogen-bond acceptors (Lipinski definition) is 4. The number of nitrogens with one attached hydrogen (secondary N) is 1. The van der Waals surface area contributed by atoms with Crippen molar-refractivity contribution in [3.63, 3.8) is 0 Å². The van der Waals surface area contributed by atoms with E-state index in [1.54, 1.807) is 7.11 Å². The molecule has 0 atom stereocenters. The molecule has 0 heterocycles. The van der Waals surface area contributed by atoms with Gasteiger partial charge in [-0.3, -0.25) is 4.79 Å². The normalized spacial score (nSPS) is 10.6. The highest BCUT2D eigenvalue weighted by molar-refractivity contribution is 5.78. The number of hydrogen-bond donors (Lipinski definition) is 1. The predicted molar refractivity (Wildman–Crippen MR) is 103 cm³/mol. The Hall–Kier alpha value is -2.53. The lowest BCUT2D eigenvalue weighted by Gasteiger charge is -2.27. The van der Waals surface area contributed by atoms with Gasteiger partial charge in [0.25, 0.3) is 0 Å². The van der Waals surface area contributed by atoms with Crippen LogP contribution in [-0.4, -0.2) is 43.7 Å². The minimum absolute atomic E-state index is 0.0910. The fourth-order valence-electron chi connectivity index (χ4n) is 2.55. The molecule has 0 saturated carbocycles. The third-order valence-electron chi connectivity index (χ3n) is 4.02. The molecule has 2 aromatic rings. The molecule has 0 bridgehead atoms. The number of carbonyl (C=O) groups excluding carboxylic acids is 1. The smallest absolute Gasteiger partial charge is 0.237 e. The monoisotopic (exact) mass is 356 g/mol. The number of rotatable bonds is 10. The van der Waals surface area contributed by atoms with E-state index in [9.17, 15) is 4.79 Å². The molecule has 2 aromatic carbocycles. The quantitative estimate of drug-likeness (QED) is 0.665. The SMILES string of the molecule is COc1ccc(OCCNCC(=O)N(Cc2ccccc2)C(C)C)cc1. The largest absolute Gasteiger partial charge is 0.497 e. The van der Waals surface area contributed by atoms with Gasteiger partial charge in [-0.1, -0.05) is 30.3 Å². The number of methoxy groups -OCH3 is 1.